The molecule has 0 saturated carbocycles. The Labute approximate surface area is 178 Å². The summed E-state index contributed by atoms with van der Waals surface area (Å²) in [4.78, 5) is 14.6. The number of para-hydroxylation sites is 3. The van der Waals surface area contributed by atoms with Crippen molar-refractivity contribution in [2.75, 3.05) is 19.6 Å². The molecule has 2 aromatic heterocycles. The van der Waals surface area contributed by atoms with Crippen LogP contribution < -0.4 is 0 Å². The number of aliphatic hydroxyl groups excluding tert-OH is 1. The van der Waals surface area contributed by atoms with Crippen LogP contribution in [0.1, 0.15) is 29.6 Å². The zero-order valence-corrected chi connectivity index (χ0v) is 17.2. The van der Waals surface area contributed by atoms with E-state index in [1.165, 1.54) is 4.70 Å². The fourth-order valence-corrected chi connectivity index (χ4v) is 5.17. The van der Waals surface area contributed by atoms with E-state index in [0.29, 0.717) is 18.3 Å². The molecule has 1 atom stereocenters. The van der Waals surface area contributed by atoms with Crippen LogP contribution in [-0.4, -0.2) is 44.6 Å². The topological polar surface area (TPSA) is 88.8 Å². The molecule has 0 amide bonds. The number of benzene rings is 2. The highest BCUT2D eigenvalue weighted by atomic mass is 32.1. The second kappa shape index (κ2) is 7.90. The van der Waals surface area contributed by atoms with Gasteiger partial charge in [0.1, 0.15) is 17.4 Å². The van der Waals surface area contributed by atoms with Crippen molar-refractivity contribution < 1.29 is 5.11 Å². The molecule has 2 N–H and O–H groups in total. The third-order valence-electron chi connectivity index (χ3n) is 5.57. The fraction of sp³-hybridized carbons (Fsp3) is 0.261. The molecule has 5 rings (SSSR count). The highest BCUT2D eigenvalue weighted by Crippen LogP contribution is 2.33. The maximum Gasteiger partial charge on any atom is 0.152 e. The van der Waals surface area contributed by atoms with Crippen LogP contribution in [0.5, 0.6) is 0 Å². The van der Waals surface area contributed by atoms with E-state index in [-0.39, 0.29) is 11.3 Å². The molecule has 3 heterocycles. The average Bonchev–Trinajstić information content (AvgIpc) is 3.38. The monoisotopic (exact) mass is 415 g/mol. The lowest BCUT2D eigenvalue weighted by atomic mass is 9.98. The predicted molar refractivity (Wildman–Crippen MR) is 119 cm³/mol. The summed E-state index contributed by atoms with van der Waals surface area (Å²) in [5, 5.41) is 21.6. The van der Waals surface area contributed by atoms with E-state index in [1.54, 1.807) is 11.3 Å². The molecule has 1 aliphatic heterocycles. The number of hydrogen-bond donors (Lipinski definition) is 2. The van der Waals surface area contributed by atoms with Crippen molar-refractivity contribution in [3.63, 3.8) is 0 Å². The molecule has 4 aromatic rings. The summed E-state index contributed by atoms with van der Waals surface area (Å²) in [6.07, 6.45) is 2.13. The van der Waals surface area contributed by atoms with Crippen LogP contribution in [-0.2, 0) is 0 Å². The summed E-state index contributed by atoms with van der Waals surface area (Å²) in [5.41, 5.74) is 2.88. The molecule has 7 heteroatoms. The minimum absolute atomic E-state index is 0.0570. The van der Waals surface area contributed by atoms with Gasteiger partial charge in [-0.3, -0.25) is 4.90 Å². The molecule has 6 nitrogen and oxygen atoms in total. The molecule has 1 fully saturated rings. The standard InChI is InChI=1S/C23H21N5OS/c24-12-16(22-25-17-7-1-2-8-18(17)26-22)20(29)14-28-11-5-6-15(13-28)23-27-19-9-3-4-10-21(19)30-23/h1-4,7-10,15,29H,5-6,11,13-14H2,(H,25,26)/b20-16-/t15-/m0/s1. The summed E-state index contributed by atoms with van der Waals surface area (Å²) in [6.45, 7) is 2.05. The molecule has 0 spiro atoms. The van der Waals surface area contributed by atoms with Crippen LogP contribution in [0.3, 0.4) is 0 Å². The SMILES string of the molecule is N#C/C(=C(/O)CN1CCC[C@H](c2nc3ccccc3s2)C1)c1nc2ccccc2[nH]1. The number of rotatable bonds is 4. The Bertz CT molecular complexity index is 1220. The predicted octanol–water partition coefficient (Wildman–Crippen LogP) is 4.84. The normalized spacial score (nSPS) is 18.4. The molecule has 1 saturated heterocycles. The van der Waals surface area contributed by atoms with E-state index < -0.39 is 0 Å². The van der Waals surface area contributed by atoms with Crippen LogP contribution in [0, 0.1) is 11.3 Å². The Morgan fingerprint density at radius 1 is 1.17 bits per heavy atom. The Hall–Kier alpha value is -3.21. The van der Waals surface area contributed by atoms with E-state index in [9.17, 15) is 10.4 Å². The van der Waals surface area contributed by atoms with Gasteiger partial charge in [-0.15, -0.1) is 11.3 Å². The van der Waals surface area contributed by atoms with Gasteiger partial charge in [-0.2, -0.15) is 5.26 Å². The van der Waals surface area contributed by atoms with Gasteiger partial charge in [0.25, 0.3) is 0 Å². The molecule has 150 valence electrons. The maximum absolute atomic E-state index is 10.8. The number of fused-ring (bicyclic) bond motifs is 2. The van der Waals surface area contributed by atoms with E-state index in [0.717, 1.165) is 47.5 Å². The first-order chi connectivity index (χ1) is 14.7. The van der Waals surface area contributed by atoms with Crippen LogP contribution in [0.2, 0.25) is 0 Å². The Balaban J connectivity index is 1.36. The van der Waals surface area contributed by atoms with Gasteiger partial charge >= 0.3 is 0 Å². The van der Waals surface area contributed by atoms with Crippen molar-refractivity contribution in [3.8, 4) is 6.07 Å². The van der Waals surface area contributed by atoms with E-state index in [1.807, 2.05) is 36.4 Å². The number of imidazole rings is 1. The van der Waals surface area contributed by atoms with Crippen LogP contribution >= 0.6 is 11.3 Å². The van der Waals surface area contributed by atoms with Gasteiger partial charge in [0.15, 0.2) is 5.82 Å². The van der Waals surface area contributed by atoms with E-state index in [4.69, 9.17) is 4.98 Å². The third kappa shape index (κ3) is 3.56. The van der Waals surface area contributed by atoms with Crippen LogP contribution in [0.25, 0.3) is 26.8 Å². The first-order valence-electron chi connectivity index (χ1n) is 10.1. The number of aromatic amines is 1. The Kier molecular flexibility index (Phi) is 4.95. The van der Waals surface area contributed by atoms with E-state index >= 15 is 0 Å². The number of thiazole rings is 1. The summed E-state index contributed by atoms with van der Waals surface area (Å²) >= 11 is 1.76. The van der Waals surface area contributed by atoms with Crippen molar-refractivity contribution in [1.82, 2.24) is 19.9 Å². The smallest absolute Gasteiger partial charge is 0.152 e. The first kappa shape index (κ1) is 18.8. The second-order valence-corrected chi connectivity index (χ2v) is 8.69. The highest BCUT2D eigenvalue weighted by Gasteiger charge is 2.25. The number of nitriles is 1. The average molecular weight is 416 g/mol. The van der Waals surface area contributed by atoms with Gasteiger partial charge in [-0.05, 0) is 43.7 Å². The van der Waals surface area contributed by atoms with Crippen molar-refractivity contribution in [2.24, 2.45) is 0 Å². The van der Waals surface area contributed by atoms with Crippen molar-refractivity contribution in [2.45, 2.75) is 18.8 Å². The van der Waals surface area contributed by atoms with Gasteiger partial charge in [-0.25, -0.2) is 9.97 Å². The van der Waals surface area contributed by atoms with Gasteiger partial charge in [-0.1, -0.05) is 24.3 Å². The molecular formula is C23H21N5OS. The highest BCUT2D eigenvalue weighted by molar-refractivity contribution is 7.18. The largest absolute Gasteiger partial charge is 0.509 e. The number of aliphatic hydroxyl groups is 1. The second-order valence-electron chi connectivity index (χ2n) is 7.63. The number of nitrogens with one attached hydrogen (secondary N) is 1. The molecule has 2 aromatic carbocycles. The van der Waals surface area contributed by atoms with Gasteiger partial charge in [0.05, 0.1) is 32.8 Å². The quantitative estimate of drug-likeness (QED) is 0.368. The van der Waals surface area contributed by atoms with Gasteiger partial charge in [0.2, 0.25) is 0 Å². The summed E-state index contributed by atoms with van der Waals surface area (Å²) in [6, 6.07) is 18.0. The summed E-state index contributed by atoms with van der Waals surface area (Å²) in [7, 11) is 0. The van der Waals surface area contributed by atoms with Crippen molar-refractivity contribution >= 4 is 38.2 Å². The lowest BCUT2D eigenvalue weighted by molar-refractivity contribution is 0.198. The Morgan fingerprint density at radius 3 is 2.77 bits per heavy atom. The molecule has 0 radical (unpaired) electrons. The molecule has 0 unspecified atom stereocenters. The third-order valence-corrected chi connectivity index (χ3v) is 6.76. The fourth-order valence-electron chi connectivity index (χ4n) is 4.08. The molecule has 0 aliphatic carbocycles. The van der Waals surface area contributed by atoms with E-state index in [2.05, 4.69) is 33.1 Å². The van der Waals surface area contributed by atoms with Crippen molar-refractivity contribution in [3.05, 3.63) is 65.1 Å². The minimum atomic E-state index is 0.0570. The Morgan fingerprint density at radius 2 is 1.97 bits per heavy atom. The molecule has 30 heavy (non-hydrogen) atoms. The van der Waals surface area contributed by atoms with Crippen molar-refractivity contribution in [1.29, 1.82) is 5.26 Å². The summed E-state index contributed by atoms with van der Waals surface area (Å²) in [5.74, 6) is 0.818. The lowest BCUT2D eigenvalue weighted by Crippen LogP contribution is -2.36. The number of piperidine rings is 1. The molecule has 1 aliphatic rings. The zero-order chi connectivity index (χ0) is 20.5. The number of nitrogens with zero attached hydrogens (tertiary/aromatic N) is 4. The molecule has 0 bridgehead atoms. The maximum atomic E-state index is 10.8. The van der Waals surface area contributed by atoms with Crippen LogP contribution in [0.4, 0.5) is 0 Å². The van der Waals surface area contributed by atoms with Gasteiger partial charge in [0, 0.05) is 12.5 Å². The number of allylic oxidation sites excluding steroid dienone is 1. The number of H-pyrrole nitrogens is 1. The first-order valence-corrected chi connectivity index (χ1v) is 10.9. The molecular weight excluding hydrogens is 394 g/mol. The minimum Gasteiger partial charge on any atom is -0.509 e. The zero-order valence-electron chi connectivity index (χ0n) is 16.4. The number of hydrogen-bond acceptors (Lipinski definition) is 6. The lowest BCUT2D eigenvalue weighted by Gasteiger charge is -2.31. The van der Waals surface area contributed by atoms with Crippen LogP contribution in [0.15, 0.2) is 54.3 Å². The number of likely N-dealkylation sites (tertiary alicyclic amines) is 1. The summed E-state index contributed by atoms with van der Waals surface area (Å²) < 4.78 is 1.21. The van der Waals surface area contributed by atoms with Gasteiger partial charge < -0.3 is 10.1 Å². The number of aromatic nitrogens is 3.